The maximum absolute atomic E-state index is 13.0. The summed E-state index contributed by atoms with van der Waals surface area (Å²) in [4.78, 5) is 18.7. The summed E-state index contributed by atoms with van der Waals surface area (Å²) in [5, 5.41) is 5.90. The molecular formula is C21H16N2OS. The van der Waals surface area contributed by atoms with E-state index in [9.17, 15) is 4.79 Å². The van der Waals surface area contributed by atoms with Crippen LogP contribution in [0, 0.1) is 6.92 Å². The Morgan fingerprint density at radius 3 is 2.60 bits per heavy atom. The van der Waals surface area contributed by atoms with Gasteiger partial charge in [0.15, 0.2) is 0 Å². The number of hydrogen-bond acceptors (Lipinski definition) is 3. The van der Waals surface area contributed by atoms with E-state index in [4.69, 9.17) is 4.98 Å². The number of aryl methyl sites for hydroxylation is 1. The van der Waals surface area contributed by atoms with E-state index in [1.807, 2.05) is 79.0 Å². The van der Waals surface area contributed by atoms with Gasteiger partial charge in [-0.25, -0.2) is 4.98 Å². The first kappa shape index (κ1) is 15.5. The molecule has 4 rings (SSSR count). The number of benzene rings is 2. The van der Waals surface area contributed by atoms with E-state index in [-0.39, 0.29) is 5.91 Å². The highest BCUT2D eigenvalue weighted by Crippen LogP contribution is 2.28. The number of para-hydroxylation sites is 2. The maximum Gasteiger partial charge on any atom is 0.256 e. The molecule has 0 radical (unpaired) electrons. The third-order valence-corrected chi connectivity index (χ3v) is 5.02. The van der Waals surface area contributed by atoms with E-state index >= 15 is 0 Å². The largest absolute Gasteiger partial charge is 0.322 e. The average Bonchev–Trinajstić information content (AvgIpc) is 3.17. The van der Waals surface area contributed by atoms with Crippen LogP contribution < -0.4 is 5.32 Å². The van der Waals surface area contributed by atoms with Gasteiger partial charge in [-0.2, -0.15) is 0 Å². The lowest BCUT2D eigenvalue weighted by atomic mass is 10.1. The fraction of sp³-hybridized carbons (Fsp3) is 0.0476. The predicted octanol–water partition coefficient (Wildman–Crippen LogP) is 5.52. The Balaban J connectivity index is 1.82. The molecule has 0 fully saturated rings. The minimum absolute atomic E-state index is 0.120. The van der Waals surface area contributed by atoms with Crippen LogP contribution >= 0.6 is 11.3 Å². The van der Waals surface area contributed by atoms with Crippen molar-refractivity contribution in [3.8, 4) is 10.6 Å². The SMILES string of the molecule is Cc1ccccc1NC(=O)c1cc(-c2cccs2)nc2ccccc12. The molecule has 2 aromatic carbocycles. The standard InChI is InChI=1S/C21H16N2OS/c1-14-7-2-4-9-17(14)23-21(24)16-13-19(20-11-6-12-25-20)22-18-10-5-3-8-15(16)18/h2-13H,1H3,(H,23,24). The molecule has 0 unspecified atom stereocenters. The van der Waals surface area contributed by atoms with Gasteiger partial charge in [0.05, 0.1) is 21.7 Å². The summed E-state index contributed by atoms with van der Waals surface area (Å²) in [5.41, 5.74) is 4.14. The number of rotatable bonds is 3. The number of pyridine rings is 1. The lowest BCUT2D eigenvalue weighted by Gasteiger charge is -2.11. The molecule has 0 saturated carbocycles. The minimum Gasteiger partial charge on any atom is -0.322 e. The summed E-state index contributed by atoms with van der Waals surface area (Å²) >= 11 is 1.62. The van der Waals surface area contributed by atoms with Crippen LogP contribution in [0.15, 0.2) is 72.1 Å². The van der Waals surface area contributed by atoms with Crippen LogP contribution in [0.3, 0.4) is 0 Å². The van der Waals surface area contributed by atoms with E-state index < -0.39 is 0 Å². The fourth-order valence-corrected chi connectivity index (χ4v) is 3.50. The topological polar surface area (TPSA) is 42.0 Å². The fourth-order valence-electron chi connectivity index (χ4n) is 2.82. The molecule has 1 N–H and O–H groups in total. The number of carbonyl (C=O) groups excluding carboxylic acids is 1. The molecule has 25 heavy (non-hydrogen) atoms. The first-order chi connectivity index (χ1) is 12.2. The number of nitrogens with one attached hydrogen (secondary N) is 1. The Morgan fingerprint density at radius 2 is 1.80 bits per heavy atom. The smallest absolute Gasteiger partial charge is 0.256 e. The van der Waals surface area contributed by atoms with Crippen LogP contribution in [0.4, 0.5) is 5.69 Å². The molecule has 0 saturated heterocycles. The van der Waals surface area contributed by atoms with Crippen molar-refractivity contribution in [3.63, 3.8) is 0 Å². The molecule has 0 aliphatic heterocycles. The van der Waals surface area contributed by atoms with Crippen LogP contribution in [0.1, 0.15) is 15.9 Å². The monoisotopic (exact) mass is 344 g/mol. The first-order valence-corrected chi connectivity index (χ1v) is 8.91. The Morgan fingerprint density at radius 1 is 1.00 bits per heavy atom. The number of aromatic nitrogens is 1. The highest BCUT2D eigenvalue weighted by Gasteiger charge is 2.15. The van der Waals surface area contributed by atoms with Crippen molar-refractivity contribution in [1.82, 2.24) is 4.98 Å². The third kappa shape index (κ3) is 3.04. The molecule has 0 bridgehead atoms. The number of amides is 1. The lowest BCUT2D eigenvalue weighted by Crippen LogP contribution is -2.13. The molecule has 2 aromatic heterocycles. The van der Waals surface area contributed by atoms with Crippen molar-refractivity contribution in [2.75, 3.05) is 5.32 Å². The summed E-state index contributed by atoms with van der Waals surface area (Å²) in [5.74, 6) is -0.120. The highest BCUT2D eigenvalue weighted by atomic mass is 32.1. The zero-order chi connectivity index (χ0) is 17.2. The van der Waals surface area contributed by atoms with Gasteiger partial charge >= 0.3 is 0 Å². The highest BCUT2D eigenvalue weighted by molar-refractivity contribution is 7.13. The zero-order valence-electron chi connectivity index (χ0n) is 13.7. The van der Waals surface area contributed by atoms with E-state index in [0.29, 0.717) is 5.56 Å². The Kier molecular flexibility index (Phi) is 4.04. The summed E-state index contributed by atoms with van der Waals surface area (Å²) in [6, 6.07) is 21.4. The molecule has 1 amide bonds. The predicted molar refractivity (Wildman–Crippen MR) is 104 cm³/mol. The van der Waals surface area contributed by atoms with Gasteiger partial charge in [-0.15, -0.1) is 11.3 Å². The molecule has 0 aliphatic carbocycles. The Labute approximate surface area is 150 Å². The number of anilines is 1. The minimum atomic E-state index is -0.120. The molecule has 0 spiro atoms. The first-order valence-electron chi connectivity index (χ1n) is 8.03. The van der Waals surface area contributed by atoms with E-state index in [1.54, 1.807) is 11.3 Å². The number of thiophene rings is 1. The van der Waals surface area contributed by atoms with E-state index in [0.717, 1.165) is 32.7 Å². The van der Waals surface area contributed by atoms with Crippen molar-refractivity contribution in [2.24, 2.45) is 0 Å². The number of fused-ring (bicyclic) bond motifs is 1. The van der Waals surface area contributed by atoms with Crippen molar-refractivity contribution in [2.45, 2.75) is 6.92 Å². The van der Waals surface area contributed by atoms with E-state index in [1.165, 1.54) is 0 Å². The van der Waals surface area contributed by atoms with Crippen LogP contribution in [0.25, 0.3) is 21.5 Å². The maximum atomic E-state index is 13.0. The van der Waals surface area contributed by atoms with Crippen LogP contribution in [0.2, 0.25) is 0 Å². The molecule has 2 heterocycles. The molecular weight excluding hydrogens is 328 g/mol. The Hall–Kier alpha value is -2.98. The summed E-state index contributed by atoms with van der Waals surface area (Å²) in [6.45, 7) is 1.98. The Bertz CT molecular complexity index is 1050. The second-order valence-electron chi connectivity index (χ2n) is 5.82. The van der Waals surface area contributed by atoms with Crippen molar-refractivity contribution in [3.05, 3.63) is 83.2 Å². The van der Waals surface area contributed by atoms with Gasteiger partial charge in [-0.1, -0.05) is 42.5 Å². The van der Waals surface area contributed by atoms with Crippen LogP contribution in [-0.2, 0) is 0 Å². The van der Waals surface area contributed by atoms with Crippen LogP contribution in [-0.4, -0.2) is 10.9 Å². The number of nitrogens with zero attached hydrogens (tertiary/aromatic N) is 1. The summed E-state index contributed by atoms with van der Waals surface area (Å²) in [6.07, 6.45) is 0. The number of carbonyl (C=O) groups is 1. The van der Waals surface area contributed by atoms with Gasteiger partial charge in [0.25, 0.3) is 5.91 Å². The quantitative estimate of drug-likeness (QED) is 0.531. The van der Waals surface area contributed by atoms with Crippen molar-refractivity contribution < 1.29 is 4.79 Å². The molecule has 0 aliphatic rings. The molecule has 122 valence electrons. The second kappa shape index (κ2) is 6.49. The molecule has 4 heteroatoms. The lowest BCUT2D eigenvalue weighted by molar-refractivity contribution is 0.102. The second-order valence-corrected chi connectivity index (χ2v) is 6.77. The zero-order valence-corrected chi connectivity index (χ0v) is 14.5. The van der Waals surface area contributed by atoms with Gasteiger partial charge in [0, 0.05) is 11.1 Å². The van der Waals surface area contributed by atoms with Crippen LogP contribution in [0.5, 0.6) is 0 Å². The van der Waals surface area contributed by atoms with Gasteiger partial charge in [-0.3, -0.25) is 4.79 Å². The van der Waals surface area contributed by atoms with Gasteiger partial charge < -0.3 is 5.32 Å². The summed E-state index contributed by atoms with van der Waals surface area (Å²) < 4.78 is 0. The normalized spacial score (nSPS) is 10.8. The number of hydrogen-bond donors (Lipinski definition) is 1. The molecule has 4 aromatic rings. The van der Waals surface area contributed by atoms with Gasteiger partial charge in [-0.05, 0) is 42.1 Å². The average molecular weight is 344 g/mol. The van der Waals surface area contributed by atoms with Crippen molar-refractivity contribution in [1.29, 1.82) is 0 Å². The molecule has 3 nitrogen and oxygen atoms in total. The van der Waals surface area contributed by atoms with Gasteiger partial charge in [0.2, 0.25) is 0 Å². The summed E-state index contributed by atoms with van der Waals surface area (Å²) in [7, 11) is 0. The van der Waals surface area contributed by atoms with Gasteiger partial charge in [0.1, 0.15) is 0 Å². The molecule has 0 atom stereocenters. The van der Waals surface area contributed by atoms with Crippen molar-refractivity contribution >= 4 is 33.8 Å². The third-order valence-electron chi connectivity index (χ3n) is 4.13. The van der Waals surface area contributed by atoms with E-state index in [2.05, 4.69) is 5.32 Å².